The summed E-state index contributed by atoms with van der Waals surface area (Å²) in [7, 11) is 0. The molecule has 2 aromatic rings. The smallest absolute Gasteiger partial charge is 0.338 e. The van der Waals surface area contributed by atoms with E-state index >= 15 is 0 Å². The van der Waals surface area contributed by atoms with Crippen molar-refractivity contribution in [2.24, 2.45) is 0 Å². The standard InChI is InChI=1S/C22H25NO4/c1-3-14-26-20-11-6-5-8-17(20)12-13-21(24)23-19-10-7-9-18(16-19)22(25)27-15-4-2/h5-13,16H,3-4,14-15H2,1-2H3,(H,23,24). The lowest BCUT2D eigenvalue weighted by atomic mass is 10.2. The predicted octanol–water partition coefficient (Wildman–Crippen LogP) is 4.69. The summed E-state index contributed by atoms with van der Waals surface area (Å²) in [5, 5.41) is 2.75. The first-order chi connectivity index (χ1) is 13.1. The zero-order valence-corrected chi connectivity index (χ0v) is 15.7. The first-order valence-electron chi connectivity index (χ1n) is 9.12. The van der Waals surface area contributed by atoms with Crippen molar-refractivity contribution in [1.82, 2.24) is 0 Å². The first kappa shape index (κ1) is 20.2. The number of rotatable bonds is 9. The molecule has 2 rings (SSSR count). The Balaban J connectivity index is 2.02. The number of para-hydroxylation sites is 1. The third-order valence-corrected chi connectivity index (χ3v) is 3.60. The molecule has 0 aliphatic rings. The Kier molecular flexibility index (Phi) is 8.10. The van der Waals surface area contributed by atoms with Crippen LogP contribution in [0.15, 0.2) is 54.6 Å². The van der Waals surface area contributed by atoms with E-state index in [-0.39, 0.29) is 5.91 Å². The molecule has 0 spiro atoms. The molecule has 0 saturated heterocycles. The molecule has 0 aromatic heterocycles. The van der Waals surface area contributed by atoms with Gasteiger partial charge in [-0.3, -0.25) is 4.79 Å². The molecule has 0 atom stereocenters. The summed E-state index contributed by atoms with van der Waals surface area (Å²) in [6.45, 7) is 4.97. The average molecular weight is 367 g/mol. The van der Waals surface area contributed by atoms with E-state index in [1.54, 1.807) is 30.3 Å². The summed E-state index contributed by atoms with van der Waals surface area (Å²) in [6.07, 6.45) is 4.82. The lowest BCUT2D eigenvalue weighted by Gasteiger charge is -2.08. The summed E-state index contributed by atoms with van der Waals surface area (Å²) in [5.74, 6) is 0.0499. The van der Waals surface area contributed by atoms with Gasteiger partial charge in [0.15, 0.2) is 0 Å². The molecule has 0 radical (unpaired) electrons. The molecular formula is C22H25NO4. The van der Waals surface area contributed by atoms with Crippen LogP contribution in [-0.2, 0) is 9.53 Å². The molecule has 142 valence electrons. The molecule has 0 heterocycles. The molecule has 0 bridgehead atoms. The van der Waals surface area contributed by atoms with Crippen molar-refractivity contribution in [2.75, 3.05) is 18.5 Å². The van der Waals surface area contributed by atoms with E-state index in [1.165, 1.54) is 6.08 Å². The molecule has 27 heavy (non-hydrogen) atoms. The number of hydrogen-bond donors (Lipinski definition) is 1. The molecule has 1 N–H and O–H groups in total. The number of esters is 1. The maximum absolute atomic E-state index is 12.2. The number of nitrogens with one attached hydrogen (secondary N) is 1. The lowest BCUT2D eigenvalue weighted by molar-refractivity contribution is -0.111. The monoisotopic (exact) mass is 367 g/mol. The number of hydrogen-bond acceptors (Lipinski definition) is 4. The topological polar surface area (TPSA) is 64.6 Å². The Bertz CT molecular complexity index is 798. The third kappa shape index (κ3) is 6.62. The molecule has 5 nitrogen and oxygen atoms in total. The largest absolute Gasteiger partial charge is 0.493 e. The zero-order valence-electron chi connectivity index (χ0n) is 15.7. The highest BCUT2D eigenvalue weighted by atomic mass is 16.5. The highest BCUT2D eigenvalue weighted by Gasteiger charge is 2.08. The van der Waals surface area contributed by atoms with Crippen LogP contribution in [-0.4, -0.2) is 25.1 Å². The molecule has 0 unspecified atom stereocenters. The van der Waals surface area contributed by atoms with E-state index in [4.69, 9.17) is 9.47 Å². The number of benzene rings is 2. The fourth-order valence-corrected chi connectivity index (χ4v) is 2.31. The lowest BCUT2D eigenvalue weighted by Crippen LogP contribution is -2.10. The van der Waals surface area contributed by atoms with Gasteiger partial charge in [-0.05, 0) is 43.2 Å². The normalized spacial score (nSPS) is 10.6. The average Bonchev–Trinajstić information content (AvgIpc) is 2.69. The highest BCUT2D eigenvalue weighted by Crippen LogP contribution is 2.20. The van der Waals surface area contributed by atoms with E-state index < -0.39 is 5.97 Å². The van der Waals surface area contributed by atoms with Crippen molar-refractivity contribution in [3.05, 3.63) is 65.7 Å². The maximum atomic E-state index is 12.2. The third-order valence-electron chi connectivity index (χ3n) is 3.60. The summed E-state index contributed by atoms with van der Waals surface area (Å²) in [5.41, 5.74) is 1.77. The minimum atomic E-state index is -0.398. The summed E-state index contributed by atoms with van der Waals surface area (Å²) in [6, 6.07) is 14.2. The zero-order chi connectivity index (χ0) is 19.5. The van der Waals surface area contributed by atoms with Crippen LogP contribution in [0.5, 0.6) is 5.75 Å². The Labute approximate surface area is 160 Å². The van der Waals surface area contributed by atoms with Crippen LogP contribution >= 0.6 is 0 Å². The van der Waals surface area contributed by atoms with E-state index in [2.05, 4.69) is 5.32 Å². The fraction of sp³-hybridized carbons (Fsp3) is 0.273. The summed E-state index contributed by atoms with van der Waals surface area (Å²) >= 11 is 0. The second-order valence-electron chi connectivity index (χ2n) is 5.93. The van der Waals surface area contributed by atoms with Gasteiger partial charge >= 0.3 is 5.97 Å². The van der Waals surface area contributed by atoms with Crippen LogP contribution in [0, 0.1) is 0 Å². The van der Waals surface area contributed by atoms with Crippen LogP contribution < -0.4 is 10.1 Å². The second-order valence-corrected chi connectivity index (χ2v) is 5.93. The van der Waals surface area contributed by atoms with Gasteiger partial charge in [-0.25, -0.2) is 4.79 Å². The van der Waals surface area contributed by atoms with Crippen LogP contribution in [0.25, 0.3) is 6.08 Å². The number of carbonyl (C=O) groups is 2. The summed E-state index contributed by atoms with van der Waals surface area (Å²) in [4.78, 5) is 24.1. The SMILES string of the molecule is CCCOC(=O)c1cccc(NC(=O)C=Cc2ccccc2OCCC)c1. The van der Waals surface area contributed by atoms with Gasteiger partial charge in [0, 0.05) is 17.3 Å². The molecule has 0 aliphatic heterocycles. The molecular weight excluding hydrogens is 342 g/mol. The minimum absolute atomic E-state index is 0.292. The van der Waals surface area contributed by atoms with Gasteiger partial charge in [0.25, 0.3) is 0 Å². The molecule has 1 amide bonds. The predicted molar refractivity (Wildman–Crippen MR) is 107 cm³/mol. The van der Waals surface area contributed by atoms with Crippen molar-refractivity contribution in [3.8, 4) is 5.75 Å². The van der Waals surface area contributed by atoms with Gasteiger partial charge in [-0.2, -0.15) is 0 Å². The van der Waals surface area contributed by atoms with Crippen LogP contribution in [0.3, 0.4) is 0 Å². The molecule has 5 heteroatoms. The number of carbonyl (C=O) groups excluding carboxylic acids is 2. The van der Waals surface area contributed by atoms with Crippen molar-refractivity contribution in [1.29, 1.82) is 0 Å². The Morgan fingerprint density at radius 2 is 1.78 bits per heavy atom. The van der Waals surface area contributed by atoms with Gasteiger partial charge in [0.2, 0.25) is 5.91 Å². The number of amides is 1. The van der Waals surface area contributed by atoms with Crippen LogP contribution in [0.4, 0.5) is 5.69 Å². The van der Waals surface area contributed by atoms with E-state index in [9.17, 15) is 9.59 Å². The Hall–Kier alpha value is -3.08. The minimum Gasteiger partial charge on any atom is -0.493 e. The van der Waals surface area contributed by atoms with Crippen molar-refractivity contribution in [3.63, 3.8) is 0 Å². The van der Waals surface area contributed by atoms with Gasteiger partial charge in [-0.1, -0.05) is 38.1 Å². The molecule has 0 saturated carbocycles. The molecule has 2 aromatic carbocycles. The summed E-state index contributed by atoms with van der Waals surface area (Å²) < 4.78 is 10.8. The van der Waals surface area contributed by atoms with Crippen molar-refractivity contribution in [2.45, 2.75) is 26.7 Å². The Morgan fingerprint density at radius 1 is 1.00 bits per heavy atom. The van der Waals surface area contributed by atoms with E-state index in [1.807, 2.05) is 38.1 Å². The van der Waals surface area contributed by atoms with Crippen LogP contribution in [0.1, 0.15) is 42.6 Å². The van der Waals surface area contributed by atoms with E-state index in [0.29, 0.717) is 24.5 Å². The quantitative estimate of drug-likeness (QED) is 0.516. The fourth-order valence-electron chi connectivity index (χ4n) is 2.31. The maximum Gasteiger partial charge on any atom is 0.338 e. The van der Waals surface area contributed by atoms with Gasteiger partial charge in [0.1, 0.15) is 5.75 Å². The van der Waals surface area contributed by atoms with Crippen LogP contribution in [0.2, 0.25) is 0 Å². The van der Waals surface area contributed by atoms with Gasteiger partial charge in [-0.15, -0.1) is 0 Å². The molecule has 0 fully saturated rings. The van der Waals surface area contributed by atoms with Crippen molar-refractivity contribution < 1.29 is 19.1 Å². The highest BCUT2D eigenvalue weighted by molar-refractivity contribution is 6.02. The number of ether oxygens (including phenoxy) is 2. The molecule has 0 aliphatic carbocycles. The Morgan fingerprint density at radius 3 is 2.56 bits per heavy atom. The van der Waals surface area contributed by atoms with Crippen molar-refractivity contribution >= 4 is 23.6 Å². The van der Waals surface area contributed by atoms with E-state index in [0.717, 1.165) is 24.2 Å². The second kappa shape index (κ2) is 10.8. The number of anilines is 1. The first-order valence-corrected chi connectivity index (χ1v) is 9.12. The van der Waals surface area contributed by atoms with Gasteiger partial charge in [0.05, 0.1) is 18.8 Å². The van der Waals surface area contributed by atoms with Gasteiger partial charge < -0.3 is 14.8 Å².